The second-order valence-corrected chi connectivity index (χ2v) is 1.96. The lowest BCUT2D eigenvalue weighted by molar-refractivity contribution is 0.136. The molecule has 0 unspecified atom stereocenters. The van der Waals surface area contributed by atoms with Crippen LogP contribution in [0.25, 0.3) is 0 Å². The molecule has 0 aromatic rings. The first kappa shape index (κ1) is 9.92. The molecule has 10 heavy (non-hydrogen) atoms. The summed E-state index contributed by atoms with van der Waals surface area (Å²) in [6, 6.07) is 0. The third-order valence-electron chi connectivity index (χ3n) is 1.10. The maximum atomic E-state index is 5.14. The van der Waals surface area contributed by atoms with E-state index >= 15 is 0 Å². The Kier molecular flexibility index (Phi) is 8.85. The first-order valence-electron chi connectivity index (χ1n) is 3.92. The van der Waals surface area contributed by atoms with Gasteiger partial charge in [-0.15, -0.1) is 0 Å². The van der Waals surface area contributed by atoms with Gasteiger partial charge in [-0.2, -0.15) is 0 Å². The van der Waals surface area contributed by atoms with E-state index in [9.17, 15) is 0 Å². The Labute approximate surface area is 63.5 Å². The molecule has 61 valence electrons. The molecular formula is C8H17O2. The molecule has 0 spiro atoms. The van der Waals surface area contributed by atoms with Crippen molar-refractivity contribution in [3.63, 3.8) is 0 Å². The van der Waals surface area contributed by atoms with Crippen LogP contribution >= 0.6 is 0 Å². The molecule has 0 aromatic heterocycles. The van der Waals surface area contributed by atoms with E-state index in [0.717, 1.165) is 32.7 Å². The van der Waals surface area contributed by atoms with E-state index in [1.165, 1.54) is 0 Å². The van der Waals surface area contributed by atoms with Crippen molar-refractivity contribution in [3.05, 3.63) is 6.61 Å². The fourth-order valence-electron chi connectivity index (χ4n) is 0.614. The summed E-state index contributed by atoms with van der Waals surface area (Å²) >= 11 is 0. The Morgan fingerprint density at radius 2 is 2.00 bits per heavy atom. The Morgan fingerprint density at radius 1 is 1.20 bits per heavy atom. The van der Waals surface area contributed by atoms with E-state index in [4.69, 9.17) is 9.47 Å². The molecule has 0 aromatic carbocycles. The average molecular weight is 145 g/mol. The van der Waals surface area contributed by atoms with Crippen molar-refractivity contribution in [1.29, 1.82) is 0 Å². The van der Waals surface area contributed by atoms with Crippen LogP contribution in [0.1, 0.15) is 26.7 Å². The predicted octanol–water partition coefficient (Wildman–Crippen LogP) is 2.00. The van der Waals surface area contributed by atoms with Gasteiger partial charge < -0.3 is 9.47 Å². The third kappa shape index (κ3) is 7.92. The number of rotatable bonds is 7. The van der Waals surface area contributed by atoms with Crippen molar-refractivity contribution in [2.75, 3.05) is 19.8 Å². The number of unbranched alkanes of at least 4 members (excludes halogenated alkanes) is 1. The van der Waals surface area contributed by atoms with E-state index in [2.05, 4.69) is 0 Å². The number of hydrogen-bond acceptors (Lipinski definition) is 2. The minimum absolute atomic E-state index is 0.772. The van der Waals surface area contributed by atoms with E-state index in [1.807, 2.05) is 20.5 Å². The highest BCUT2D eigenvalue weighted by Crippen LogP contribution is 1.95. The summed E-state index contributed by atoms with van der Waals surface area (Å²) in [6.45, 7) is 8.27. The van der Waals surface area contributed by atoms with Crippen LogP contribution in [0.3, 0.4) is 0 Å². The van der Waals surface area contributed by atoms with Gasteiger partial charge in [-0.3, -0.25) is 0 Å². The summed E-state index contributed by atoms with van der Waals surface area (Å²) in [6.07, 6.45) is 2.06. The first-order valence-corrected chi connectivity index (χ1v) is 3.92. The zero-order valence-corrected chi connectivity index (χ0v) is 6.93. The van der Waals surface area contributed by atoms with Crippen molar-refractivity contribution in [1.82, 2.24) is 0 Å². The molecule has 0 aliphatic heterocycles. The Hall–Kier alpha value is -0.0800. The van der Waals surface area contributed by atoms with Gasteiger partial charge >= 0.3 is 0 Å². The number of ether oxygens (including phenoxy) is 2. The van der Waals surface area contributed by atoms with Gasteiger partial charge in [0.25, 0.3) is 0 Å². The van der Waals surface area contributed by atoms with Gasteiger partial charge in [-0.05, 0) is 26.7 Å². The molecule has 0 bridgehead atoms. The van der Waals surface area contributed by atoms with Crippen molar-refractivity contribution in [3.8, 4) is 0 Å². The van der Waals surface area contributed by atoms with Gasteiger partial charge in [0.05, 0.1) is 6.61 Å². The third-order valence-corrected chi connectivity index (χ3v) is 1.10. The van der Waals surface area contributed by atoms with Crippen LogP contribution in [0.2, 0.25) is 0 Å². The van der Waals surface area contributed by atoms with Gasteiger partial charge in [0.1, 0.15) is 0 Å². The second kappa shape index (κ2) is 8.92. The largest absolute Gasteiger partial charge is 0.382 e. The Bertz CT molecular complexity index is 47.2. The summed E-state index contributed by atoms with van der Waals surface area (Å²) in [5, 5.41) is 0. The minimum atomic E-state index is 0.772. The van der Waals surface area contributed by atoms with Crippen LogP contribution in [-0.2, 0) is 9.47 Å². The maximum Gasteiger partial charge on any atom is 0.0837 e. The van der Waals surface area contributed by atoms with Crippen molar-refractivity contribution < 1.29 is 9.47 Å². The molecule has 0 atom stereocenters. The van der Waals surface area contributed by atoms with Crippen LogP contribution in [-0.4, -0.2) is 19.8 Å². The molecule has 2 nitrogen and oxygen atoms in total. The lowest BCUT2D eigenvalue weighted by Gasteiger charge is -2.00. The van der Waals surface area contributed by atoms with E-state index in [0.29, 0.717) is 0 Å². The zero-order valence-electron chi connectivity index (χ0n) is 6.93. The molecule has 0 aliphatic rings. The van der Waals surface area contributed by atoms with Crippen LogP contribution in [0, 0.1) is 6.61 Å². The van der Waals surface area contributed by atoms with Crippen molar-refractivity contribution in [2.24, 2.45) is 0 Å². The fraction of sp³-hybridized carbons (Fsp3) is 0.875. The van der Waals surface area contributed by atoms with Crippen LogP contribution in [0.5, 0.6) is 0 Å². The van der Waals surface area contributed by atoms with Gasteiger partial charge in [-0.25, -0.2) is 0 Å². The Morgan fingerprint density at radius 3 is 2.60 bits per heavy atom. The summed E-state index contributed by atoms with van der Waals surface area (Å²) < 4.78 is 10.2. The molecule has 0 rings (SSSR count). The summed E-state index contributed by atoms with van der Waals surface area (Å²) in [5.41, 5.74) is 0. The van der Waals surface area contributed by atoms with Gasteiger partial charge in [0.2, 0.25) is 0 Å². The lowest BCUT2D eigenvalue weighted by Crippen LogP contribution is -1.94. The molecular weight excluding hydrogens is 128 g/mol. The monoisotopic (exact) mass is 145 g/mol. The summed E-state index contributed by atoms with van der Waals surface area (Å²) in [5.74, 6) is 0. The van der Waals surface area contributed by atoms with Crippen LogP contribution in [0.4, 0.5) is 0 Å². The quantitative estimate of drug-likeness (QED) is 0.510. The standard InChI is InChI=1S/C8H17O2/c1-3-9-7-5-6-8-10-4-2/h7H,3-6,8H2,1-2H3. The van der Waals surface area contributed by atoms with Crippen LogP contribution in [0.15, 0.2) is 0 Å². The highest BCUT2D eigenvalue weighted by Gasteiger charge is 1.87. The summed E-state index contributed by atoms with van der Waals surface area (Å²) in [4.78, 5) is 0. The number of hydrogen-bond donors (Lipinski definition) is 0. The molecule has 0 N–H and O–H groups in total. The van der Waals surface area contributed by atoms with Gasteiger partial charge in [-0.1, -0.05) is 0 Å². The average Bonchev–Trinajstić information content (AvgIpc) is 1.97. The maximum absolute atomic E-state index is 5.14. The molecule has 2 heteroatoms. The molecule has 0 saturated carbocycles. The van der Waals surface area contributed by atoms with Crippen molar-refractivity contribution in [2.45, 2.75) is 26.7 Å². The van der Waals surface area contributed by atoms with E-state index < -0.39 is 0 Å². The second-order valence-electron chi connectivity index (χ2n) is 1.96. The molecule has 0 aliphatic carbocycles. The predicted molar refractivity (Wildman–Crippen MR) is 41.7 cm³/mol. The smallest absolute Gasteiger partial charge is 0.0837 e. The fourth-order valence-corrected chi connectivity index (χ4v) is 0.614. The molecule has 0 amide bonds. The zero-order chi connectivity index (χ0) is 7.66. The lowest BCUT2D eigenvalue weighted by atomic mass is 10.3. The minimum Gasteiger partial charge on any atom is -0.382 e. The normalized spacial score (nSPS) is 10.2. The molecule has 1 radical (unpaired) electrons. The first-order chi connectivity index (χ1) is 4.91. The SMILES string of the molecule is CCO[CH]CCCOCC. The highest BCUT2D eigenvalue weighted by molar-refractivity contribution is 4.49. The van der Waals surface area contributed by atoms with E-state index in [1.54, 1.807) is 0 Å². The molecule has 0 saturated heterocycles. The van der Waals surface area contributed by atoms with Crippen LogP contribution < -0.4 is 0 Å². The Balaban J connectivity index is 2.65. The van der Waals surface area contributed by atoms with Crippen molar-refractivity contribution >= 4 is 0 Å². The van der Waals surface area contributed by atoms with E-state index in [-0.39, 0.29) is 0 Å². The summed E-state index contributed by atoms with van der Waals surface area (Å²) in [7, 11) is 0. The highest BCUT2D eigenvalue weighted by atomic mass is 16.5. The molecule has 0 heterocycles. The topological polar surface area (TPSA) is 18.5 Å². The van der Waals surface area contributed by atoms with Gasteiger partial charge in [0, 0.05) is 19.8 Å². The molecule has 0 fully saturated rings. The van der Waals surface area contributed by atoms with Gasteiger partial charge in [0.15, 0.2) is 0 Å².